The first-order valence-corrected chi connectivity index (χ1v) is 7.53. The van der Waals surface area contributed by atoms with Crippen LogP contribution in [0.4, 0.5) is 5.13 Å². The number of carbonyl (C=O) groups is 1. The highest BCUT2D eigenvalue weighted by atomic mass is 32.1. The predicted molar refractivity (Wildman–Crippen MR) is 80.1 cm³/mol. The Kier molecular flexibility index (Phi) is 4.56. The van der Waals surface area contributed by atoms with Gasteiger partial charge in [-0.05, 0) is 20.8 Å². The van der Waals surface area contributed by atoms with Crippen LogP contribution in [0.1, 0.15) is 32.3 Å². The molecular formula is C13H19N5O2S. The summed E-state index contributed by atoms with van der Waals surface area (Å²) in [6, 6.07) is 0. The number of hydrogen-bond acceptors (Lipinski definition) is 7. The van der Waals surface area contributed by atoms with Crippen LogP contribution in [-0.2, 0) is 28.5 Å². The second kappa shape index (κ2) is 6.21. The number of carbonyl (C=O) groups excluding carboxylic acids is 1. The van der Waals surface area contributed by atoms with Gasteiger partial charge >= 0.3 is 5.97 Å². The lowest BCUT2D eigenvalue weighted by atomic mass is 9.90. The summed E-state index contributed by atoms with van der Waals surface area (Å²) in [5.41, 5.74) is -0.0576. The maximum absolute atomic E-state index is 12.0. The van der Waals surface area contributed by atoms with Crippen molar-refractivity contribution in [3.05, 3.63) is 23.2 Å². The van der Waals surface area contributed by atoms with Crippen LogP contribution in [0.2, 0.25) is 0 Å². The van der Waals surface area contributed by atoms with Crippen LogP contribution in [0.15, 0.2) is 11.7 Å². The van der Waals surface area contributed by atoms with Crippen molar-refractivity contribution in [2.75, 3.05) is 11.9 Å². The van der Waals surface area contributed by atoms with Crippen molar-refractivity contribution in [3.8, 4) is 0 Å². The van der Waals surface area contributed by atoms with Crippen LogP contribution >= 0.6 is 11.3 Å². The molecule has 2 aromatic rings. The molecule has 0 atom stereocenters. The minimum atomic E-state index is -0.754. The summed E-state index contributed by atoms with van der Waals surface area (Å²) in [6.07, 6.45) is 1.65. The normalized spacial score (nSPS) is 11.4. The van der Waals surface area contributed by atoms with Gasteiger partial charge in [0.15, 0.2) is 11.0 Å². The van der Waals surface area contributed by atoms with Crippen molar-refractivity contribution >= 4 is 22.4 Å². The van der Waals surface area contributed by atoms with Crippen LogP contribution in [0.5, 0.6) is 0 Å². The van der Waals surface area contributed by atoms with Gasteiger partial charge in [0, 0.05) is 12.4 Å². The third-order valence-electron chi connectivity index (χ3n) is 2.98. The molecule has 8 heteroatoms. The lowest BCUT2D eigenvalue weighted by Gasteiger charge is -2.19. The van der Waals surface area contributed by atoms with Crippen LogP contribution in [0, 0.1) is 0 Å². The van der Waals surface area contributed by atoms with E-state index in [0.717, 1.165) is 5.13 Å². The van der Waals surface area contributed by atoms with Crippen LogP contribution in [-0.4, -0.2) is 32.3 Å². The number of thiazole rings is 1. The van der Waals surface area contributed by atoms with Crippen molar-refractivity contribution in [1.82, 2.24) is 19.7 Å². The van der Waals surface area contributed by atoms with E-state index in [1.54, 1.807) is 17.9 Å². The zero-order valence-electron chi connectivity index (χ0n) is 12.6. The van der Waals surface area contributed by atoms with Gasteiger partial charge < -0.3 is 10.1 Å². The number of ether oxygens (including phenoxy) is 1. The number of aryl methyl sites for hydroxylation is 1. The molecular weight excluding hydrogens is 290 g/mol. The Morgan fingerprint density at radius 2 is 2.29 bits per heavy atom. The van der Waals surface area contributed by atoms with E-state index < -0.39 is 5.41 Å². The number of nitrogens with one attached hydrogen (secondary N) is 1. The molecule has 0 saturated carbocycles. The smallest absolute Gasteiger partial charge is 0.317 e. The Morgan fingerprint density at radius 3 is 2.90 bits per heavy atom. The van der Waals surface area contributed by atoms with Crippen LogP contribution in [0.25, 0.3) is 0 Å². The lowest BCUT2D eigenvalue weighted by Crippen LogP contribution is -2.31. The van der Waals surface area contributed by atoms with E-state index in [9.17, 15) is 4.79 Å². The number of aromatic nitrogens is 4. The quantitative estimate of drug-likeness (QED) is 0.818. The van der Waals surface area contributed by atoms with Gasteiger partial charge in [0.25, 0.3) is 0 Å². The molecule has 0 aliphatic carbocycles. The molecule has 0 fully saturated rings. The molecule has 0 bridgehead atoms. The molecule has 2 rings (SSSR count). The van der Waals surface area contributed by atoms with Gasteiger partial charge in [-0.25, -0.2) is 9.97 Å². The van der Waals surface area contributed by atoms with Crippen molar-refractivity contribution in [3.63, 3.8) is 0 Å². The molecule has 2 aromatic heterocycles. The van der Waals surface area contributed by atoms with Gasteiger partial charge in [0.05, 0.1) is 18.8 Å². The number of esters is 1. The fourth-order valence-electron chi connectivity index (χ4n) is 1.68. The SMILES string of the molecule is CCOC(=O)C(C)(C)c1csc(NCc2ncn(C)n2)n1. The summed E-state index contributed by atoms with van der Waals surface area (Å²) >= 11 is 1.45. The largest absolute Gasteiger partial charge is 0.465 e. The fraction of sp³-hybridized carbons (Fsp3) is 0.538. The van der Waals surface area contributed by atoms with E-state index in [0.29, 0.717) is 24.7 Å². The van der Waals surface area contributed by atoms with E-state index >= 15 is 0 Å². The van der Waals surface area contributed by atoms with Crippen molar-refractivity contribution < 1.29 is 9.53 Å². The second-order valence-electron chi connectivity index (χ2n) is 5.07. The first-order valence-electron chi connectivity index (χ1n) is 6.65. The molecule has 0 radical (unpaired) electrons. The van der Waals surface area contributed by atoms with Crippen molar-refractivity contribution in [2.24, 2.45) is 7.05 Å². The van der Waals surface area contributed by atoms with E-state index in [1.807, 2.05) is 26.3 Å². The Bertz CT molecular complexity index is 620. The van der Waals surface area contributed by atoms with Gasteiger partial charge in [0.1, 0.15) is 11.7 Å². The molecule has 1 N–H and O–H groups in total. The second-order valence-corrected chi connectivity index (χ2v) is 5.93. The standard InChI is InChI=1S/C13H19N5O2S/c1-5-20-11(19)13(2,3)9-7-21-12(16-9)14-6-10-15-8-18(4)17-10/h7-8H,5-6H2,1-4H3,(H,14,16). The van der Waals surface area contributed by atoms with Gasteiger partial charge in [-0.15, -0.1) is 11.3 Å². The summed E-state index contributed by atoms with van der Waals surface area (Å²) in [4.78, 5) is 20.5. The topological polar surface area (TPSA) is 81.9 Å². The number of hydrogen-bond donors (Lipinski definition) is 1. The molecule has 0 amide bonds. The molecule has 0 aromatic carbocycles. The third kappa shape index (κ3) is 3.57. The summed E-state index contributed by atoms with van der Waals surface area (Å²) in [6.45, 7) is 6.27. The van der Waals surface area contributed by atoms with E-state index in [1.165, 1.54) is 11.3 Å². The summed E-state index contributed by atoms with van der Waals surface area (Å²) in [5, 5.41) is 9.93. The van der Waals surface area contributed by atoms with Gasteiger partial charge in [0.2, 0.25) is 0 Å². The molecule has 0 unspecified atom stereocenters. The zero-order chi connectivity index (χ0) is 15.5. The average Bonchev–Trinajstić information content (AvgIpc) is 3.05. The summed E-state index contributed by atoms with van der Waals surface area (Å²) in [5.74, 6) is 0.423. The first-order chi connectivity index (χ1) is 9.93. The van der Waals surface area contributed by atoms with Crippen molar-refractivity contribution in [1.29, 1.82) is 0 Å². The lowest BCUT2D eigenvalue weighted by molar-refractivity contribution is -0.148. The average molecular weight is 309 g/mol. The molecule has 0 saturated heterocycles. The van der Waals surface area contributed by atoms with E-state index in [2.05, 4.69) is 20.4 Å². The Morgan fingerprint density at radius 1 is 1.52 bits per heavy atom. The Hall–Kier alpha value is -1.96. The third-order valence-corrected chi connectivity index (χ3v) is 3.78. The zero-order valence-corrected chi connectivity index (χ0v) is 13.4. The highest BCUT2D eigenvalue weighted by molar-refractivity contribution is 7.13. The Labute approximate surface area is 127 Å². The van der Waals surface area contributed by atoms with Gasteiger partial charge in [-0.1, -0.05) is 0 Å². The van der Waals surface area contributed by atoms with Gasteiger partial charge in [-0.3, -0.25) is 9.48 Å². The molecule has 21 heavy (non-hydrogen) atoms. The predicted octanol–water partition coefficient (Wildman–Crippen LogP) is 1.72. The van der Waals surface area contributed by atoms with E-state index in [-0.39, 0.29) is 5.97 Å². The van der Waals surface area contributed by atoms with Crippen LogP contribution in [0.3, 0.4) is 0 Å². The van der Waals surface area contributed by atoms with Crippen LogP contribution < -0.4 is 5.32 Å². The number of nitrogens with zero attached hydrogens (tertiary/aromatic N) is 4. The minimum absolute atomic E-state index is 0.270. The summed E-state index contributed by atoms with van der Waals surface area (Å²) in [7, 11) is 1.82. The Balaban J connectivity index is 2.02. The van der Waals surface area contributed by atoms with E-state index in [4.69, 9.17) is 4.74 Å². The molecule has 114 valence electrons. The summed E-state index contributed by atoms with van der Waals surface area (Å²) < 4.78 is 6.73. The van der Waals surface area contributed by atoms with Crippen molar-refractivity contribution in [2.45, 2.75) is 32.7 Å². The highest BCUT2D eigenvalue weighted by Crippen LogP contribution is 2.28. The first kappa shape index (κ1) is 15.4. The molecule has 0 aliphatic rings. The monoisotopic (exact) mass is 309 g/mol. The molecule has 0 spiro atoms. The molecule has 0 aliphatic heterocycles. The number of anilines is 1. The fourth-order valence-corrected chi connectivity index (χ4v) is 2.55. The minimum Gasteiger partial charge on any atom is -0.465 e. The maximum atomic E-state index is 12.0. The number of rotatable bonds is 6. The maximum Gasteiger partial charge on any atom is 0.317 e. The molecule has 7 nitrogen and oxygen atoms in total. The molecule has 2 heterocycles. The highest BCUT2D eigenvalue weighted by Gasteiger charge is 2.33. The van der Waals surface area contributed by atoms with Gasteiger partial charge in [-0.2, -0.15) is 5.10 Å².